The predicted molar refractivity (Wildman–Crippen MR) is 83.6 cm³/mol. The summed E-state index contributed by atoms with van der Waals surface area (Å²) in [5.74, 6) is 1.35. The van der Waals surface area contributed by atoms with E-state index in [1.54, 1.807) is 12.3 Å². The molecular weight excluding hydrogens is 295 g/mol. The van der Waals surface area contributed by atoms with Gasteiger partial charge in [0, 0.05) is 24.0 Å². The maximum atomic E-state index is 6.17. The van der Waals surface area contributed by atoms with Crippen molar-refractivity contribution in [3.8, 4) is 11.5 Å². The number of hydrogen-bond donors (Lipinski definition) is 1. The Morgan fingerprint density at radius 1 is 1.20 bits per heavy atom. The van der Waals surface area contributed by atoms with Gasteiger partial charge in [-0.3, -0.25) is 0 Å². The van der Waals surface area contributed by atoms with Crippen molar-refractivity contribution in [1.82, 2.24) is 15.0 Å². The Bertz CT molecular complexity index is 629. The molecule has 0 fully saturated rings. The van der Waals surface area contributed by atoms with Crippen LogP contribution in [0.2, 0.25) is 10.0 Å². The summed E-state index contributed by atoms with van der Waals surface area (Å²) >= 11 is 12.0. The lowest BCUT2D eigenvalue weighted by Crippen LogP contribution is -2.08. The van der Waals surface area contributed by atoms with Crippen molar-refractivity contribution >= 4 is 29.0 Å². The number of rotatable bonds is 4. The molecule has 2 aromatic heterocycles. The highest BCUT2D eigenvalue weighted by Crippen LogP contribution is 2.28. The van der Waals surface area contributed by atoms with Gasteiger partial charge in [0.25, 0.3) is 0 Å². The molecule has 6 heteroatoms. The zero-order valence-corrected chi connectivity index (χ0v) is 13.2. The number of pyridine rings is 1. The third kappa shape index (κ3) is 3.02. The average Bonchev–Trinajstić information content (AvgIpc) is 2.38. The lowest BCUT2D eigenvalue weighted by molar-refractivity contribution is 0.983. The van der Waals surface area contributed by atoms with Crippen molar-refractivity contribution in [2.45, 2.75) is 27.2 Å². The molecule has 0 atom stereocenters. The second-order valence-corrected chi connectivity index (χ2v) is 5.17. The van der Waals surface area contributed by atoms with Gasteiger partial charge in [-0.15, -0.1) is 0 Å². The molecule has 0 aliphatic heterocycles. The third-order valence-corrected chi connectivity index (χ3v) is 3.43. The number of aryl methyl sites for hydroxylation is 1. The molecule has 4 nitrogen and oxygen atoms in total. The number of nitrogens with zero attached hydrogens (tertiary/aromatic N) is 3. The molecule has 20 heavy (non-hydrogen) atoms. The average molecular weight is 311 g/mol. The van der Waals surface area contributed by atoms with E-state index in [0.29, 0.717) is 21.6 Å². The number of anilines is 1. The molecule has 0 unspecified atom stereocenters. The fourth-order valence-corrected chi connectivity index (χ4v) is 2.48. The molecule has 0 bridgehead atoms. The zero-order chi connectivity index (χ0) is 14.7. The smallest absolute Gasteiger partial charge is 0.181 e. The molecule has 2 aromatic rings. The lowest BCUT2D eigenvalue weighted by atomic mass is 10.1. The third-order valence-electron chi connectivity index (χ3n) is 2.93. The molecule has 0 aliphatic carbocycles. The molecule has 0 aromatic carbocycles. The molecule has 0 amide bonds. The van der Waals surface area contributed by atoms with E-state index < -0.39 is 0 Å². The van der Waals surface area contributed by atoms with Crippen molar-refractivity contribution in [2.24, 2.45) is 0 Å². The van der Waals surface area contributed by atoms with Gasteiger partial charge in [0.05, 0.1) is 10.0 Å². The van der Waals surface area contributed by atoms with Crippen LogP contribution in [0, 0.1) is 6.92 Å². The van der Waals surface area contributed by atoms with E-state index in [1.807, 2.05) is 13.8 Å². The lowest BCUT2D eigenvalue weighted by Gasteiger charge is -2.13. The molecule has 0 aliphatic rings. The first kappa shape index (κ1) is 15.0. The fourth-order valence-electron chi connectivity index (χ4n) is 2.02. The van der Waals surface area contributed by atoms with E-state index in [-0.39, 0.29) is 0 Å². The van der Waals surface area contributed by atoms with Crippen LogP contribution in [-0.2, 0) is 6.42 Å². The van der Waals surface area contributed by atoms with Crippen LogP contribution >= 0.6 is 23.2 Å². The van der Waals surface area contributed by atoms with Gasteiger partial charge in [-0.1, -0.05) is 30.1 Å². The van der Waals surface area contributed by atoms with E-state index >= 15 is 0 Å². The Balaban J connectivity index is 2.57. The minimum atomic E-state index is 0.448. The summed E-state index contributed by atoms with van der Waals surface area (Å²) < 4.78 is 0. The number of halogens is 2. The van der Waals surface area contributed by atoms with E-state index in [1.165, 1.54) is 0 Å². The van der Waals surface area contributed by atoms with Crippen LogP contribution in [0.25, 0.3) is 11.5 Å². The molecule has 0 radical (unpaired) electrons. The molecule has 106 valence electrons. The summed E-state index contributed by atoms with van der Waals surface area (Å²) in [4.78, 5) is 13.3. The highest BCUT2D eigenvalue weighted by Gasteiger charge is 2.14. The highest BCUT2D eigenvalue weighted by molar-refractivity contribution is 6.35. The van der Waals surface area contributed by atoms with E-state index in [4.69, 9.17) is 23.2 Å². The summed E-state index contributed by atoms with van der Waals surface area (Å²) in [7, 11) is 0. The second kappa shape index (κ2) is 6.37. The number of aromatic nitrogens is 3. The Morgan fingerprint density at radius 3 is 2.55 bits per heavy atom. The highest BCUT2D eigenvalue weighted by atomic mass is 35.5. The molecule has 2 heterocycles. The van der Waals surface area contributed by atoms with Crippen LogP contribution in [0.5, 0.6) is 0 Å². The van der Waals surface area contributed by atoms with Crippen LogP contribution in [0.4, 0.5) is 5.82 Å². The zero-order valence-electron chi connectivity index (χ0n) is 11.7. The molecule has 1 N–H and O–H groups in total. The minimum absolute atomic E-state index is 0.448. The largest absolute Gasteiger partial charge is 0.370 e. The van der Waals surface area contributed by atoms with E-state index in [9.17, 15) is 0 Å². The van der Waals surface area contributed by atoms with Crippen molar-refractivity contribution in [1.29, 1.82) is 0 Å². The molecule has 0 spiro atoms. The monoisotopic (exact) mass is 310 g/mol. The summed E-state index contributed by atoms with van der Waals surface area (Å²) in [6.45, 7) is 6.88. The summed E-state index contributed by atoms with van der Waals surface area (Å²) in [6.07, 6.45) is 2.42. The van der Waals surface area contributed by atoms with Crippen molar-refractivity contribution in [3.05, 3.63) is 33.6 Å². The molecule has 0 saturated carbocycles. The Kier molecular flexibility index (Phi) is 4.78. The quantitative estimate of drug-likeness (QED) is 0.921. The Labute approximate surface area is 128 Å². The predicted octanol–water partition coefficient (Wildman–Crippen LogP) is 4.15. The summed E-state index contributed by atoms with van der Waals surface area (Å²) in [5, 5.41) is 4.20. The van der Waals surface area contributed by atoms with Gasteiger partial charge >= 0.3 is 0 Å². The van der Waals surface area contributed by atoms with Gasteiger partial charge in [-0.2, -0.15) is 0 Å². The molecular formula is C14H16Cl2N4. The molecule has 2 rings (SSSR count). The van der Waals surface area contributed by atoms with Gasteiger partial charge in [0.1, 0.15) is 11.5 Å². The first-order chi connectivity index (χ1) is 9.56. The van der Waals surface area contributed by atoms with E-state index in [2.05, 4.69) is 27.2 Å². The van der Waals surface area contributed by atoms with Crippen LogP contribution in [0.3, 0.4) is 0 Å². The fraction of sp³-hybridized carbons (Fsp3) is 0.357. The summed E-state index contributed by atoms with van der Waals surface area (Å²) in [6, 6.07) is 1.64. The van der Waals surface area contributed by atoms with Gasteiger partial charge in [0.2, 0.25) is 0 Å². The maximum Gasteiger partial charge on any atom is 0.181 e. The van der Waals surface area contributed by atoms with Gasteiger partial charge in [0.15, 0.2) is 5.82 Å². The van der Waals surface area contributed by atoms with Crippen molar-refractivity contribution < 1.29 is 0 Å². The SMILES string of the molecule is CCNc1nc(-c2ncc(Cl)cc2Cl)nc(C)c1CC. The van der Waals surface area contributed by atoms with Gasteiger partial charge in [-0.05, 0) is 26.3 Å². The second-order valence-electron chi connectivity index (χ2n) is 4.33. The normalized spacial score (nSPS) is 10.7. The molecule has 0 saturated heterocycles. The minimum Gasteiger partial charge on any atom is -0.370 e. The van der Waals surface area contributed by atoms with Crippen LogP contribution in [0.1, 0.15) is 25.1 Å². The Hall–Kier alpha value is -1.39. The maximum absolute atomic E-state index is 6.17. The number of nitrogens with one attached hydrogen (secondary N) is 1. The topological polar surface area (TPSA) is 50.7 Å². The van der Waals surface area contributed by atoms with E-state index in [0.717, 1.165) is 30.0 Å². The van der Waals surface area contributed by atoms with Crippen LogP contribution < -0.4 is 5.32 Å². The first-order valence-electron chi connectivity index (χ1n) is 6.49. The van der Waals surface area contributed by atoms with Crippen LogP contribution in [-0.4, -0.2) is 21.5 Å². The first-order valence-corrected chi connectivity index (χ1v) is 7.25. The Morgan fingerprint density at radius 2 is 1.95 bits per heavy atom. The van der Waals surface area contributed by atoms with Crippen LogP contribution in [0.15, 0.2) is 12.3 Å². The van der Waals surface area contributed by atoms with Gasteiger partial charge < -0.3 is 5.32 Å². The van der Waals surface area contributed by atoms with Crippen molar-refractivity contribution in [2.75, 3.05) is 11.9 Å². The summed E-state index contributed by atoms with van der Waals surface area (Å²) in [5.41, 5.74) is 2.59. The standard InChI is InChI=1S/C14H16Cl2N4/c1-4-10-8(3)19-14(20-13(10)17-5-2)12-11(16)6-9(15)7-18-12/h6-7H,4-5H2,1-3H3,(H,17,19,20). The van der Waals surface area contributed by atoms with Crippen molar-refractivity contribution in [3.63, 3.8) is 0 Å². The number of hydrogen-bond acceptors (Lipinski definition) is 4. The van der Waals surface area contributed by atoms with Gasteiger partial charge in [-0.25, -0.2) is 15.0 Å².